The van der Waals surface area contributed by atoms with E-state index >= 15 is 0 Å². The summed E-state index contributed by atoms with van der Waals surface area (Å²) in [4.78, 5) is 0. The van der Waals surface area contributed by atoms with Gasteiger partial charge in [-0.3, -0.25) is 0 Å². The number of hydrogen-bond acceptors (Lipinski definition) is 2. The van der Waals surface area contributed by atoms with E-state index in [1.165, 1.54) is 0 Å². The molecule has 0 saturated heterocycles. The summed E-state index contributed by atoms with van der Waals surface area (Å²) < 4.78 is 6.39. The predicted molar refractivity (Wildman–Crippen MR) is 87.5 cm³/mol. The predicted octanol–water partition coefficient (Wildman–Crippen LogP) is 4.86. The molecule has 0 heterocycles. The Morgan fingerprint density at radius 2 is 1.90 bits per heavy atom. The van der Waals surface area contributed by atoms with Crippen molar-refractivity contribution in [2.45, 2.75) is 19.9 Å². The summed E-state index contributed by atoms with van der Waals surface area (Å²) in [6.45, 7) is 4.61. The molecule has 0 aromatic heterocycles. The maximum Gasteiger partial charge on any atom is 0.120 e. The van der Waals surface area contributed by atoms with Gasteiger partial charge in [-0.25, -0.2) is 0 Å². The topological polar surface area (TPSA) is 35.2 Å². The summed E-state index contributed by atoms with van der Waals surface area (Å²) >= 11 is 9.84. The average molecular weight is 355 g/mol. The van der Waals surface area contributed by atoms with E-state index in [1.54, 1.807) is 0 Å². The Balaban J connectivity index is 2.35. The van der Waals surface area contributed by atoms with Crippen LogP contribution >= 0.6 is 27.5 Å². The van der Waals surface area contributed by atoms with Crippen molar-refractivity contribution in [3.8, 4) is 5.75 Å². The summed E-state index contributed by atoms with van der Waals surface area (Å²) in [5.74, 6) is 0.824. The van der Waals surface area contributed by atoms with E-state index in [0.29, 0.717) is 11.6 Å². The molecule has 2 aromatic carbocycles. The summed E-state index contributed by atoms with van der Waals surface area (Å²) in [6, 6.07) is 11.5. The van der Waals surface area contributed by atoms with Crippen LogP contribution in [0.5, 0.6) is 5.75 Å². The molecule has 2 aromatic rings. The molecule has 2 rings (SSSR count). The zero-order chi connectivity index (χ0) is 14.7. The molecule has 0 spiro atoms. The third kappa shape index (κ3) is 3.35. The third-order valence-electron chi connectivity index (χ3n) is 3.11. The van der Waals surface area contributed by atoms with Crippen LogP contribution in [0.4, 0.5) is 0 Å². The van der Waals surface area contributed by atoms with Crippen molar-refractivity contribution >= 4 is 27.5 Å². The number of halogens is 2. The second-order valence-corrected chi connectivity index (χ2v) is 5.88. The molecule has 2 nitrogen and oxygen atoms in total. The fraction of sp³-hybridized carbons (Fsp3) is 0.250. The van der Waals surface area contributed by atoms with Gasteiger partial charge in [-0.2, -0.15) is 0 Å². The molecule has 0 aliphatic carbocycles. The normalized spacial score (nSPS) is 12.2. The van der Waals surface area contributed by atoms with Crippen LogP contribution in [-0.2, 0) is 0 Å². The molecular formula is C16H17BrClNO. The SMILES string of the molecule is CCOc1ccc(C(N)c2ccc(C)cc2Cl)c(Br)c1. The van der Waals surface area contributed by atoms with Gasteiger partial charge < -0.3 is 10.5 Å². The van der Waals surface area contributed by atoms with Crippen LogP contribution in [-0.4, -0.2) is 6.61 Å². The maximum atomic E-state index is 6.34. The van der Waals surface area contributed by atoms with Gasteiger partial charge in [0.05, 0.1) is 12.6 Å². The minimum absolute atomic E-state index is 0.270. The first-order valence-corrected chi connectivity index (χ1v) is 7.64. The molecule has 0 saturated carbocycles. The first kappa shape index (κ1) is 15.4. The summed E-state index contributed by atoms with van der Waals surface area (Å²) in [5.41, 5.74) is 9.36. The summed E-state index contributed by atoms with van der Waals surface area (Å²) in [6.07, 6.45) is 0. The van der Waals surface area contributed by atoms with Crippen molar-refractivity contribution in [3.63, 3.8) is 0 Å². The minimum atomic E-state index is -0.270. The van der Waals surface area contributed by atoms with Gasteiger partial charge in [0.1, 0.15) is 5.75 Å². The number of hydrogen-bond donors (Lipinski definition) is 1. The highest BCUT2D eigenvalue weighted by molar-refractivity contribution is 9.10. The van der Waals surface area contributed by atoms with Crippen molar-refractivity contribution < 1.29 is 4.74 Å². The van der Waals surface area contributed by atoms with Crippen LogP contribution in [0.15, 0.2) is 40.9 Å². The van der Waals surface area contributed by atoms with Crippen molar-refractivity contribution in [1.29, 1.82) is 0 Å². The molecule has 20 heavy (non-hydrogen) atoms. The van der Waals surface area contributed by atoms with E-state index in [9.17, 15) is 0 Å². The first-order valence-electron chi connectivity index (χ1n) is 6.46. The fourth-order valence-electron chi connectivity index (χ4n) is 2.07. The lowest BCUT2D eigenvalue weighted by Gasteiger charge is -2.17. The minimum Gasteiger partial charge on any atom is -0.494 e. The molecule has 1 unspecified atom stereocenters. The van der Waals surface area contributed by atoms with Crippen molar-refractivity contribution in [3.05, 3.63) is 62.6 Å². The summed E-state index contributed by atoms with van der Waals surface area (Å²) in [5, 5.41) is 0.693. The molecule has 0 fully saturated rings. The molecule has 106 valence electrons. The molecule has 2 N–H and O–H groups in total. The van der Waals surface area contributed by atoms with Gasteiger partial charge in [-0.05, 0) is 48.7 Å². The second kappa shape index (κ2) is 6.61. The first-order chi connectivity index (χ1) is 9.52. The van der Waals surface area contributed by atoms with Crippen LogP contribution in [0.3, 0.4) is 0 Å². The molecule has 1 atom stereocenters. The van der Waals surface area contributed by atoms with Gasteiger partial charge in [0.2, 0.25) is 0 Å². The Kier molecular flexibility index (Phi) is 5.08. The Hall–Kier alpha value is -1.03. The van der Waals surface area contributed by atoms with Gasteiger partial charge in [0.15, 0.2) is 0 Å². The molecular weight excluding hydrogens is 338 g/mol. The van der Waals surface area contributed by atoms with E-state index in [0.717, 1.165) is 26.9 Å². The second-order valence-electron chi connectivity index (χ2n) is 4.62. The zero-order valence-electron chi connectivity index (χ0n) is 11.5. The molecule has 0 amide bonds. The lowest BCUT2D eigenvalue weighted by atomic mass is 9.98. The van der Waals surface area contributed by atoms with Crippen molar-refractivity contribution in [1.82, 2.24) is 0 Å². The number of aryl methyl sites for hydroxylation is 1. The van der Waals surface area contributed by atoms with Crippen LogP contribution in [0.25, 0.3) is 0 Å². The lowest BCUT2D eigenvalue weighted by Crippen LogP contribution is -2.13. The van der Waals surface area contributed by atoms with Crippen LogP contribution in [0, 0.1) is 6.92 Å². The largest absolute Gasteiger partial charge is 0.494 e. The molecule has 0 aliphatic heterocycles. The Morgan fingerprint density at radius 3 is 2.50 bits per heavy atom. The highest BCUT2D eigenvalue weighted by Crippen LogP contribution is 2.33. The Labute approximate surface area is 133 Å². The maximum absolute atomic E-state index is 6.34. The quantitative estimate of drug-likeness (QED) is 0.851. The molecule has 0 radical (unpaired) electrons. The molecule has 0 bridgehead atoms. The highest BCUT2D eigenvalue weighted by Gasteiger charge is 2.15. The van der Waals surface area contributed by atoms with Gasteiger partial charge in [-0.15, -0.1) is 0 Å². The van der Waals surface area contributed by atoms with Gasteiger partial charge in [-0.1, -0.05) is 45.7 Å². The number of rotatable bonds is 4. The smallest absolute Gasteiger partial charge is 0.120 e. The van der Waals surface area contributed by atoms with Crippen LogP contribution in [0.1, 0.15) is 29.7 Å². The van der Waals surface area contributed by atoms with Crippen LogP contribution in [0.2, 0.25) is 5.02 Å². The number of nitrogens with two attached hydrogens (primary N) is 1. The van der Waals surface area contributed by atoms with Gasteiger partial charge in [0.25, 0.3) is 0 Å². The van der Waals surface area contributed by atoms with Crippen LogP contribution < -0.4 is 10.5 Å². The fourth-order valence-corrected chi connectivity index (χ4v) is 3.03. The van der Waals surface area contributed by atoms with E-state index in [2.05, 4.69) is 15.9 Å². The number of benzene rings is 2. The average Bonchev–Trinajstić information content (AvgIpc) is 2.38. The van der Waals surface area contributed by atoms with Crippen molar-refractivity contribution in [2.24, 2.45) is 5.73 Å². The van der Waals surface area contributed by atoms with E-state index < -0.39 is 0 Å². The Morgan fingerprint density at radius 1 is 1.20 bits per heavy atom. The highest BCUT2D eigenvalue weighted by atomic mass is 79.9. The lowest BCUT2D eigenvalue weighted by molar-refractivity contribution is 0.340. The van der Waals surface area contributed by atoms with E-state index in [1.807, 2.05) is 50.2 Å². The molecule has 4 heteroatoms. The van der Waals surface area contributed by atoms with E-state index in [4.69, 9.17) is 22.1 Å². The molecule has 0 aliphatic rings. The monoisotopic (exact) mass is 353 g/mol. The standard InChI is InChI=1S/C16H17BrClNO/c1-3-20-11-5-7-12(14(17)9-11)16(19)13-6-4-10(2)8-15(13)18/h4-9,16H,3,19H2,1-2H3. The summed E-state index contributed by atoms with van der Waals surface area (Å²) in [7, 11) is 0. The van der Waals surface area contributed by atoms with Gasteiger partial charge in [0, 0.05) is 9.50 Å². The third-order valence-corrected chi connectivity index (χ3v) is 4.12. The Bertz CT molecular complexity index is 615. The number of ether oxygens (including phenoxy) is 1. The van der Waals surface area contributed by atoms with E-state index in [-0.39, 0.29) is 6.04 Å². The van der Waals surface area contributed by atoms with Crippen molar-refractivity contribution in [2.75, 3.05) is 6.61 Å². The van der Waals surface area contributed by atoms with Gasteiger partial charge >= 0.3 is 0 Å². The zero-order valence-corrected chi connectivity index (χ0v) is 13.8.